The number of aryl methyl sites for hydroxylation is 1. The van der Waals surface area contributed by atoms with Crippen molar-refractivity contribution in [2.24, 2.45) is 0 Å². The third-order valence-corrected chi connectivity index (χ3v) is 2.85. The van der Waals surface area contributed by atoms with E-state index in [0.29, 0.717) is 0 Å². The molecule has 2 N–H and O–H groups in total. The predicted octanol–water partition coefficient (Wildman–Crippen LogP) is 3.78. The first-order valence-electron chi connectivity index (χ1n) is 6.22. The van der Waals surface area contributed by atoms with E-state index in [9.17, 15) is 10.2 Å². The van der Waals surface area contributed by atoms with Gasteiger partial charge in [-0.25, -0.2) is 0 Å². The topological polar surface area (TPSA) is 40.5 Å². The van der Waals surface area contributed by atoms with Gasteiger partial charge < -0.3 is 10.2 Å². The van der Waals surface area contributed by atoms with Crippen LogP contribution in [0.5, 0.6) is 11.5 Å². The molecular weight excluding hydrogens is 200 g/mol. The van der Waals surface area contributed by atoms with E-state index in [2.05, 4.69) is 13.8 Å². The zero-order valence-corrected chi connectivity index (χ0v) is 10.3. The van der Waals surface area contributed by atoms with E-state index in [4.69, 9.17) is 0 Å². The van der Waals surface area contributed by atoms with Crippen molar-refractivity contribution in [1.29, 1.82) is 0 Å². The van der Waals surface area contributed by atoms with Crippen molar-refractivity contribution in [3.05, 3.63) is 23.3 Å². The summed E-state index contributed by atoms with van der Waals surface area (Å²) in [7, 11) is 0. The summed E-state index contributed by atoms with van der Waals surface area (Å²) in [5, 5.41) is 19.3. The van der Waals surface area contributed by atoms with Gasteiger partial charge in [-0.1, -0.05) is 33.1 Å². The molecule has 0 aliphatic rings. The molecule has 0 heterocycles. The minimum atomic E-state index is 0.170. The van der Waals surface area contributed by atoms with E-state index in [-0.39, 0.29) is 11.5 Å². The first-order chi connectivity index (χ1) is 7.69. The minimum Gasteiger partial charge on any atom is -0.508 e. The van der Waals surface area contributed by atoms with Crippen LogP contribution in [0.3, 0.4) is 0 Å². The number of benzene rings is 1. The van der Waals surface area contributed by atoms with E-state index in [1.807, 2.05) is 0 Å². The summed E-state index contributed by atoms with van der Waals surface area (Å²) in [6.07, 6.45) is 6.35. The molecule has 0 unspecified atom stereocenters. The van der Waals surface area contributed by atoms with Gasteiger partial charge in [-0.2, -0.15) is 0 Å². The quantitative estimate of drug-likeness (QED) is 0.719. The Bertz CT molecular complexity index is 332. The standard InChI is InChI=1S/C14H22O2/c1-3-5-6-8-11-9-12(15)10-14(16)13(11)7-4-2/h9-10,15-16H,3-8H2,1-2H3. The maximum atomic E-state index is 9.80. The van der Waals surface area contributed by atoms with Crippen LogP contribution in [0, 0.1) is 0 Å². The van der Waals surface area contributed by atoms with Crippen molar-refractivity contribution in [1.82, 2.24) is 0 Å². The molecule has 0 amide bonds. The van der Waals surface area contributed by atoms with Crippen LogP contribution < -0.4 is 0 Å². The highest BCUT2D eigenvalue weighted by Crippen LogP contribution is 2.29. The lowest BCUT2D eigenvalue weighted by Gasteiger charge is -2.11. The van der Waals surface area contributed by atoms with Crippen LogP contribution in [0.25, 0.3) is 0 Å². The molecule has 0 aliphatic heterocycles. The molecule has 0 atom stereocenters. The Kier molecular flexibility index (Phi) is 5.17. The van der Waals surface area contributed by atoms with Crippen molar-refractivity contribution in [3.8, 4) is 11.5 Å². The number of hydrogen-bond acceptors (Lipinski definition) is 2. The summed E-state index contributed by atoms with van der Waals surface area (Å²) < 4.78 is 0. The van der Waals surface area contributed by atoms with Gasteiger partial charge in [0, 0.05) is 6.07 Å². The molecular formula is C14H22O2. The summed E-state index contributed by atoms with van der Waals surface area (Å²) >= 11 is 0. The molecule has 0 radical (unpaired) electrons. The number of rotatable bonds is 6. The number of phenolic OH excluding ortho intramolecular Hbond substituents is 2. The molecule has 0 fully saturated rings. The predicted molar refractivity (Wildman–Crippen MR) is 67.0 cm³/mol. The van der Waals surface area contributed by atoms with Crippen LogP contribution in [-0.2, 0) is 12.8 Å². The Morgan fingerprint density at radius 1 is 0.938 bits per heavy atom. The smallest absolute Gasteiger partial charge is 0.122 e. The number of unbranched alkanes of at least 4 members (excludes halogenated alkanes) is 2. The van der Waals surface area contributed by atoms with Crippen LogP contribution >= 0.6 is 0 Å². The van der Waals surface area contributed by atoms with E-state index in [0.717, 1.165) is 36.8 Å². The van der Waals surface area contributed by atoms with Crippen molar-refractivity contribution in [2.75, 3.05) is 0 Å². The van der Waals surface area contributed by atoms with Gasteiger partial charge in [-0.05, 0) is 36.5 Å². The molecule has 2 nitrogen and oxygen atoms in total. The molecule has 0 spiro atoms. The molecule has 2 heteroatoms. The van der Waals surface area contributed by atoms with Gasteiger partial charge in [0.05, 0.1) is 0 Å². The highest BCUT2D eigenvalue weighted by Gasteiger charge is 2.09. The molecule has 16 heavy (non-hydrogen) atoms. The van der Waals surface area contributed by atoms with Gasteiger partial charge in [-0.15, -0.1) is 0 Å². The Balaban J connectivity index is 2.85. The zero-order valence-electron chi connectivity index (χ0n) is 10.3. The van der Waals surface area contributed by atoms with Gasteiger partial charge in [-0.3, -0.25) is 0 Å². The highest BCUT2D eigenvalue weighted by molar-refractivity contribution is 5.45. The van der Waals surface area contributed by atoms with E-state index >= 15 is 0 Å². The Labute approximate surface area is 97.9 Å². The highest BCUT2D eigenvalue weighted by atomic mass is 16.3. The third-order valence-electron chi connectivity index (χ3n) is 2.85. The normalized spacial score (nSPS) is 10.6. The zero-order chi connectivity index (χ0) is 12.0. The lowest BCUT2D eigenvalue weighted by atomic mass is 9.97. The van der Waals surface area contributed by atoms with E-state index in [1.54, 1.807) is 6.07 Å². The first kappa shape index (κ1) is 12.9. The summed E-state index contributed by atoms with van der Waals surface area (Å²) in [5.41, 5.74) is 2.12. The van der Waals surface area contributed by atoms with Crippen LogP contribution in [-0.4, -0.2) is 10.2 Å². The molecule has 0 bridgehead atoms. The van der Waals surface area contributed by atoms with E-state index in [1.165, 1.54) is 18.9 Å². The number of aromatic hydroxyl groups is 2. The second-order valence-electron chi connectivity index (χ2n) is 4.31. The maximum Gasteiger partial charge on any atom is 0.122 e. The molecule has 1 aromatic rings. The second-order valence-corrected chi connectivity index (χ2v) is 4.31. The van der Waals surface area contributed by atoms with Crippen LogP contribution in [0.4, 0.5) is 0 Å². The van der Waals surface area contributed by atoms with Crippen molar-refractivity contribution in [2.45, 2.75) is 52.4 Å². The fourth-order valence-corrected chi connectivity index (χ4v) is 2.03. The molecule has 0 aliphatic carbocycles. The molecule has 1 rings (SSSR count). The Hall–Kier alpha value is -1.18. The van der Waals surface area contributed by atoms with Gasteiger partial charge in [0.25, 0.3) is 0 Å². The SMILES string of the molecule is CCCCCc1cc(O)cc(O)c1CCC. The van der Waals surface area contributed by atoms with Crippen LogP contribution in [0.15, 0.2) is 12.1 Å². The summed E-state index contributed by atoms with van der Waals surface area (Å²) in [6, 6.07) is 3.23. The molecule has 0 saturated carbocycles. The van der Waals surface area contributed by atoms with Crippen LogP contribution in [0.2, 0.25) is 0 Å². The monoisotopic (exact) mass is 222 g/mol. The lowest BCUT2D eigenvalue weighted by molar-refractivity contribution is 0.443. The van der Waals surface area contributed by atoms with Gasteiger partial charge >= 0.3 is 0 Å². The van der Waals surface area contributed by atoms with Gasteiger partial charge in [0.1, 0.15) is 11.5 Å². The molecule has 0 saturated heterocycles. The molecule has 1 aromatic carbocycles. The summed E-state index contributed by atoms with van der Waals surface area (Å²) in [5.74, 6) is 0.414. The van der Waals surface area contributed by atoms with Crippen LogP contribution in [0.1, 0.15) is 50.7 Å². The molecule has 0 aromatic heterocycles. The maximum absolute atomic E-state index is 9.80. The third kappa shape index (κ3) is 3.44. The van der Waals surface area contributed by atoms with Crippen molar-refractivity contribution >= 4 is 0 Å². The fourth-order valence-electron chi connectivity index (χ4n) is 2.03. The van der Waals surface area contributed by atoms with E-state index < -0.39 is 0 Å². The Morgan fingerprint density at radius 2 is 1.69 bits per heavy atom. The Morgan fingerprint density at radius 3 is 2.31 bits per heavy atom. The molecule has 90 valence electrons. The summed E-state index contributed by atoms with van der Waals surface area (Å²) in [4.78, 5) is 0. The summed E-state index contributed by atoms with van der Waals surface area (Å²) in [6.45, 7) is 4.27. The number of phenols is 2. The van der Waals surface area contributed by atoms with Crippen molar-refractivity contribution in [3.63, 3.8) is 0 Å². The second kappa shape index (κ2) is 6.41. The largest absolute Gasteiger partial charge is 0.508 e. The minimum absolute atomic E-state index is 0.170. The fraction of sp³-hybridized carbons (Fsp3) is 0.571. The van der Waals surface area contributed by atoms with Gasteiger partial charge in [0.15, 0.2) is 0 Å². The van der Waals surface area contributed by atoms with Gasteiger partial charge in [0.2, 0.25) is 0 Å². The average molecular weight is 222 g/mol. The lowest BCUT2D eigenvalue weighted by Crippen LogP contribution is -1.95. The van der Waals surface area contributed by atoms with Crippen molar-refractivity contribution < 1.29 is 10.2 Å². The number of hydrogen-bond donors (Lipinski definition) is 2. The first-order valence-corrected chi connectivity index (χ1v) is 6.22. The average Bonchev–Trinajstić information content (AvgIpc) is 2.23.